The monoisotopic (exact) mass is 311 g/mol. The number of aromatic nitrogens is 1. The second kappa shape index (κ2) is 5.91. The summed E-state index contributed by atoms with van der Waals surface area (Å²) in [5, 5.41) is 3.86. The second-order valence-corrected chi connectivity index (χ2v) is 6.37. The fourth-order valence-electron chi connectivity index (χ4n) is 2.95. The Labute approximate surface area is 135 Å². The molecule has 120 valence electrons. The molecule has 0 spiro atoms. The minimum absolute atomic E-state index is 0.0654. The number of carbonyl (C=O) groups excluding carboxylic acids is 2. The number of likely N-dealkylation sites (N-methyl/N-ethyl adjacent to an activating group) is 1. The largest absolute Gasteiger partial charge is 0.361 e. The maximum Gasteiger partial charge on any atom is 0.268 e. The van der Waals surface area contributed by atoms with Gasteiger partial charge in [-0.25, -0.2) is 0 Å². The molecule has 2 N–H and O–H groups in total. The van der Waals surface area contributed by atoms with Gasteiger partial charge in [0.2, 0.25) is 5.91 Å². The summed E-state index contributed by atoms with van der Waals surface area (Å²) in [5.74, 6) is 0.0734. The molecule has 2 amide bonds. The Bertz CT molecular complexity index is 788. The standard InChI is InChI=1S/C18H21N3O2/c1-11(2)8-15-18(23)21(3)16(17(22)20-15)9-12-10-19-14-7-5-4-6-13(12)14/h4-7,9-11,15,19H,8H2,1-3H3,(H,20,22)/b16-9-/t15-/m0/s1. The fraction of sp³-hybridized carbons (Fsp3) is 0.333. The van der Waals surface area contributed by atoms with Crippen molar-refractivity contribution < 1.29 is 9.59 Å². The highest BCUT2D eigenvalue weighted by molar-refractivity contribution is 6.08. The summed E-state index contributed by atoms with van der Waals surface area (Å²) in [5.41, 5.74) is 2.27. The van der Waals surface area contributed by atoms with Gasteiger partial charge in [-0.05, 0) is 24.5 Å². The lowest BCUT2D eigenvalue weighted by Gasteiger charge is -2.32. The molecule has 0 radical (unpaired) electrons. The van der Waals surface area contributed by atoms with E-state index in [0.717, 1.165) is 16.5 Å². The van der Waals surface area contributed by atoms with Gasteiger partial charge in [-0.3, -0.25) is 9.59 Å². The zero-order valence-electron chi connectivity index (χ0n) is 13.6. The third kappa shape index (κ3) is 2.86. The van der Waals surface area contributed by atoms with Crippen LogP contribution < -0.4 is 5.32 Å². The minimum atomic E-state index is -0.437. The lowest BCUT2D eigenvalue weighted by Crippen LogP contribution is -2.55. The Hall–Kier alpha value is -2.56. The fourth-order valence-corrected chi connectivity index (χ4v) is 2.95. The lowest BCUT2D eigenvalue weighted by atomic mass is 10.00. The average Bonchev–Trinajstić information content (AvgIpc) is 2.92. The highest BCUT2D eigenvalue weighted by atomic mass is 16.2. The minimum Gasteiger partial charge on any atom is -0.361 e. The van der Waals surface area contributed by atoms with Crippen LogP contribution in [0.5, 0.6) is 0 Å². The number of hydrogen-bond donors (Lipinski definition) is 2. The molecule has 3 rings (SSSR count). The van der Waals surface area contributed by atoms with Crippen LogP contribution in [0.1, 0.15) is 25.8 Å². The summed E-state index contributed by atoms with van der Waals surface area (Å²) < 4.78 is 0. The van der Waals surface area contributed by atoms with Gasteiger partial charge in [0.1, 0.15) is 11.7 Å². The van der Waals surface area contributed by atoms with E-state index in [-0.39, 0.29) is 11.8 Å². The SMILES string of the molecule is CC(C)C[C@@H]1NC(=O)/C(=C/c2c[nH]c3ccccc23)N(C)C1=O. The van der Waals surface area contributed by atoms with Gasteiger partial charge in [0.15, 0.2) is 0 Å². The second-order valence-electron chi connectivity index (χ2n) is 6.37. The van der Waals surface area contributed by atoms with E-state index in [0.29, 0.717) is 18.0 Å². The topological polar surface area (TPSA) is 65.2 Å². The van der Waals surface area contributed by atoms with Crippen molar-refractivity contribution in [2.24, 2.45) is 5.92 Å². The molecule has 2 heterocycles. The van der Waals surface area contributed by atoms with Crippen molar-refractivity contribution >= 4 is 28.8 Å². The van der Waals surface area contributed by atoms with Gasteiger partial charge in [0.05, 0.1) is 0 Å². The van der Waals surface area contributed by atoms with Crippen molar-refractivity contribution in [1.29, 1.82) is 0 Å². The van der Waals surface area contributed by atoms with Crippen molar-refractivity contribution in [3.8, 4) is 0 Å². The van der Waals surface area contributed by atoms with Gasteiger partial charge in [0.25, 0.3) is 5.91 Å². The van der Waals surface area contributed by atoms with Crippen molar-refractivity contribution in [1.82, 2.24) is 15.2 Å². The van der Waals surface area contributed by atoms with Gasteiger partial charge in [-0.15, -0.1) is 0 Å². The molecular formula is C18H21N3O2. The number of amides is 2. The molecule has 0 saturated carbocycles. The maximum absolute atomic E-state index is 12.5. The molecule has 1 aromatic heterocycles. The Balaban J connectivity index is 1.94. The molecule has 23 heavy (non-hydrogen) atoms. The molecule has 1 aromatic carbocycles. The van der Waals surface area contributed by atoms with E-state index < -0.39 is 6.04 Å². The Morgan fingerprint density at radius 1 is 1.26 bits per heavy atom. The molecular weight excluding hydrogens is 290 g/mol. The lowest BCUT2D eigenvalue weighted by molar-refractivity contribution is -0.139. The molecule has 5 nitrogen and oxygen atoms in total. The molecule has 1 aliphatic rings. The molecule has 1 aliphatic heterocycles. The van der Waals surface area contributed by atoms with E-state index in [2.05, 4.69) is 10.3 Å². The summed E-state index contributed by atoms with van der Waals surface area (Å²) in [6, 6.07) is 7.43. The maximum atomic E-state index is 12.5. The summed E-state index contributed by atoms with van der Waals surface area (Å²) >= 11 is 0. The van der Waals surface area contributed by atoms with Crippen LogP contribution in [0.2, 0.25) is 0 Å². The first-order chi connectivity index (χ1) is 11.0. The first kappa shape index (κ1) is 15.3. The number of piperazine rings is 1. The third-order valence-electron chi connectivity index (χ3n) is 4.15. The van der Waals surface area contributed by atoms with E-state index >= 15 is 0 Å². The van der Waals surface area contributed by atoms with Crippen molar-refractivity contribution in [3.63, 3.8) is 0 Å². The molecule has 1 fully saturated rings. The number of nitrogens with zero attached hydrogens (tertiary/aromatic N) is 1. The predicted octanol–water partition coefficient (Wildman–Crippen LogP) is 2.51. The van der Waals surface area contributed by atoms with Crippen LogP contribution in [0.15, 0.2) is 36.2 Å². The molecule has 5 heteroatoms. The van der Waals surface area contributed by atoms with Crippen LogP contribution in [-0.2, 0) is 9.59 Å². The number of carbonyl (C=O) groups is 2. The molecule has 2 aromatic rings. The highest BCUT2D eigenvalue weighted by Gasteiger charge is 2.34. The molecule has 1 saturated heterocycles. The van der Waals surface area contributed by atoms with Crippen LogP contribution in [0.25, 0.3) is 17.0 Å². The van der Waals surface area contributed by atoms with Gasteiger partial charge >= 0.3 is 0 Å². The van der Waals surface area contributed by atoms with Gasteiger partial charge in [0, 0.05) is 29.7 Å². The number of hydrogen-bond acceptors (Lipinski definition) is 2. The number of nitrogens with one attached hydrogen (secondary N) is 2. The van der Waals surface area contributed by atoms with Crippen molar-refractivity contribution in [3.05, 3.63) is 41.7 Å². The van der Waals surface area contributed by atoms with Crippen LogP contribution in [0.4, 0.5) is 0 Å². The summed E-state index contributed by atoms with van der Waals surface area (Å²) in [6.07, 6.45) is 4.26. The smallest absolute Gasteiger partial charge is 0.268 e. The summed E-state index contributed by atoms with van der Waals surface area (Å²) in [4.78, 5) is 29.5. The summed E-state index contributed by atoms with van der Waals surface area (Å²) in [7, 11) is 1.66. The molecule has 0 unspecified atom stereocenters. The average molecular weight is 311 g/mol. The van der Waals surface area contributed by atoms with Crippen LogP contribution >= 0.6 is 0 Å². The van der Waals surface area contributed by atoms with Crippen LogP contribution in [0, 0.1) is 5.92 Å². The van der Waals surface area contributed by atoms with Gasteiger partial charge < -0.3 is 15.2 Å². The zero-order valence-corrected chi connectivity index (χ0v) is 13.6. The molecule has 0 bridgehead atoms. The number of rotatable bonds is 3. The molecule has 0 aliphatic carbocycles. The summed E-state index contributed by atoms with van der Waals surface area (Å²) in [6.45, 7) is 4.08. The van der Waals surface area contributed by atoms with E-state index in [4.69, 9.17) is 0 Å². The highest BCUT2D eigenvalue weighted by Crippen LogP contribution is 2.23. The van der Waals surface area contributed by atoms with Gasteiger partial charge in [-0.2, -0.15) is 0 Å². The van der Waals surface area contributed by atoms with E-state index in [1.54, 1.807) is 13.1 Å². The van der Waals surface area contributed by atoms with Gasteiger partial charge in [-0.1, -0.05) is 32.0 Å². The quantitative estimate of drug-likeness (QED) is 0.855. The van der Waals surface area contributed by atoms with Crippen molar-refractivity contribution in [2.75, 3.05) is 7.05 Å². The number of benzene rings is 1. The van der Waals surface area contributed by atoms with E-state index in [1.807, 2.05) is 44.3 Å². The number of H-pyrrole nitrogens is 1. The Kier molecular flexibility index (Phi) is 3.94. The Morgan fingerprint density at radius 2 is 2.00 bits per heavy atom. The Morgan fingerprint density at radius 3 is 2.74 bits per heavy atom. The predicted molar refractivity (Wildman–Crippen MR) is 90.4 cm³/mol. The first-order valence-electron chi connectivity index (χ1n) is 7.83. The first-order valence-corrected chi connectivity index (χ1v) is 7.83. The van der Waals surface area contributed by atoms with Crippen LogP contribution in [-0.4, -0.2) is 34.8 Å². The van der Waals surface area contributed by atoms with E-state index in [1.165, 1.54) is 4.90 Å². The number of para-hydroxylation sites is 1. The third-order valence-corrected chi connectivity index (χ3v) is 4.15. The molecule has 1 atom stereocenters. The number of fused-ring (bicyclic) bond motifs is 1. The van der Waals surface area contributed by atoms with E-state index in [9.17, 15) is 9.59 Å². The van der Waals surface area contributed by atoms with Crippen LogP contribution in [0.3, 0.4) is 0 Å². The van der Waals surface area contributed by atoms with Crippen molar-refractivity contribution in [2.45, 2.75) is 26.3 Å². The normalized spacial score (nSPS) is 20.6. The zero-order chi connectivity index (χ0) is 16.6. The number of aromatic amines is 1.